The maximum atomic E-state index is 10.8. The van der Waals surface area contributed by atoms with Gasteiger partial charge in [0.2, 0.25) is 0 Å². The van der Waals surface area contributed by atoms with E-state index in [1.54, 1.807) is 0 Å². The highest BCUT2D eigenvalue weighted by molar-refractivity contribution is 14.1. The van der Waals surface area contributed by atoms with Crippen LogP contribution in [0.3, 0.4) is 0 Å². The summed E-state index contributed by atoms with van der Waals surface area (Å²) in [5, 5.41) is 10.8. The van der Waals surface area contributed by atoms with E-state index in [0.717, 1.165) is 191 Å². The van der Waals surface area contributed by atoms with Gasteiger partial charge in [-0.25, -0.2) is 9.97 Å². The van der Waals surface area contributed by atoms with Crippen molar-refractivity contribution in [3.8, 4) is 44.5 Å². The van der Waals surface area contributed by atoms with Gasteiger partial charge in [0.1, 0.15) is 6.10 Å². The van der Waals surface area contributed by atoms with Crippen LogP contribution in [0, 0.1) is 40.5 Å². The topological polar surface area (TPSA) is 195 Å². The number of aliphatic hydroxyl groups excluding tert-OH is 1. The third kappa shape index (κ3) is 19.3. The zero-order chi connectivity index (χ0) is 85.6. The van der Waals surface area contributed by atoms with Crippen molar-refractivity contribution in [3.63, 3.8) is 0 Å². The van der Waals surface area contributed by atoms with Crippen molar-refractivity contribution in [1.29, 1.82) is 0 Å². The molecule has 3 atom stereocenters. The van der Waals surface area contributed by atoms with Gasteiger partial charge in [0.05, 0.1) is 44.9 Å². The average molecular weight is 2130 g/mol. The van der Waals surface area contributed by atoms with Crippen LogP contribution < -0.4 is 0 Å². The summed E-state index contributed by atoms with van der Waals surface area (Å²) in [6.45, 7) is 22.1. The summed E-state index contributed by atoms with van der Waals surface area (Å²) >= 11 is 13.0. The van der Waals surface area contributed by atoms with E-state index in [1.807, 2.05) is 55.6 Å². The average Bonchev–Trinajstić information content (AvgIpc) is 1.59. The number of halogens is 5. The Morgan fingerprint density at radius 1 is 0.398 bits per heavy atom. The molecule has 14 heterocycles. The Morgan fingerprint density at radius 3 is 1.26 bits per heavy atom. The van der Waals surface area contributed by atoms with Crippen molar-refractivity contribution < 1.29 is 5.11 Å². The van der Waals surface area contributed by atoms with Gasteiger partial charge in [0.15, 0.2) is 0 Å². The summed E-state index contributed by atoms with van der Waals surface area (Å²) in [6, 6.07) is 87.9. The number of benzene rings is 6. The predicted octanol–water partition coefficient (Wildman–Crippen LogP) is 28.2. The van der Waals surface area contributed by atoms with E-state index < -0.39 is 6.10 Å². The lowest BCUT2D eigenvalue weighted by Gasteiger charge is -2.24. The van der Waals surface area contributed by atoms with E-state index in [9.17, 15) is 5.11 Å². The zero-order valence-corrected chi connectivity index (χ0v) is 80.4. The largest absolute Gasteiger partial charge is 0.382 e. The first-order chi connectivity index (χ1) is 59.1. The van der Waals surface area contributed by atoms with E-state index >= 15 is 0 Å². The summed E-state index contributed by atoms with van der Waals surface area (Å²) in [4.78, 5) is 50.3. The van der Waals surface area contributed by atoms with Crippen LogP contribution in [0.2, 0.25) is 0 Å². The molecule has 8 N–H and O–H groups in total. The molecule has 3 unspecified atom stereocenters. The van der Waals surface area contributed by atoms with Crippen LogP contribution >= 0.6 is 106 Å². The molecule has 5 aliphatic heterocycles. The number of aliphatic hydroxyl groups is 1. The second-order valence-electron chi connectivity index (χ2n) is 34.7. The van der Waals surface area contributed by atoms with E-state index in [1.165, 1.54) is 44.4 Å². The maximum absolute atomic E-state index is 10.8. The van der Waals surface area contributed by atoms with Gasteiger partial charge in [0.25, 0.3) is 0 Å². The van der Waals surface area contributed by atoms with Gasteiger partial charge in [-0.15, -0.1) is 0 Å². The lowest BCUT2D eigenvalue weighted by Crippen LogP contribution is -2.25. The Labute approximate surface area is 781 Å². The van der Waals surface area contributed by atoms with Gasteiger partial charge in [-0.05, 0) is 343 Å². The molecule has 0 saturated carbocycles. The number of H-pyrrole nitrogens is 7. The fourth-order valence-electron chi connectivity index (χ4n) is 17.1. The number of rotatable bonds is 11. The van der Waals surface area contributed by atoms with E-state index in [-0.39, 0.29) is 16.7 Å². The van der Waals surface area contributed by atoms with Gasteiger partial charge in [0, 0.05) is 163 Å². The highest BCUT2D eigenvalue weighted by atomic mass is 127. The number of hydrogen-bond donors (Lipinski definition) is 8. The van der Waals surface area contributed by atoms with Crippen molar-refractivity contribution in [3.05, 3.63) is 370 Å². The van der Waals surface area contributed by atoms with Crippen molar-refractivity contribution in [2.75, 3.05) is 0 Å². The lowest BCUT2D eigenvalue weighted by molar-refractivity contribution is 0.216. The van der Waals surface area contributed by atoms with Gasteiger partial charge in [-0.3, -0.25) is 15.0 Å². The van der Waals surface area contributed by atoms with Gasteiger partial charge in [-0.2, -0.15) is 0 Å². The summed E-state index contributed by atoms with van der Waals surface area (Å²) in [6.07, 6.45) is 13.8. The second-order valence-corrected chi connectivity index (χ2v) is 40.4. The van der Waals surface area contributed by atoms with E-state index in [0.29, 0.717) is 11.5 Å². The molecule has 0 amide bonds. The maximum Gasteiger partial charge on any atom is 0.119 e. The minimum Gasteiger partial charge on any atom is -0.382 e. The molecule has 123 heavy (non-hydrogen) atoms. The normalized spacial score (nSPS) is 15.1. The van der Waals surface area contributed by atoms with Crippen LogP contribution in [0.25, 0.3) is 113 Å². The van der Waals surface area contributed by atoms with Gasteiger partial charge < -0.3 is 40.0 Å². The Balaban J connectivity index is 0.000000123. The minimum absolute atomic E-state index is 0.0299. The first-order valence-corrected chi connectivity index (χ1v) is 46.6. The number of hydrogen-bond acceptors (Lipinski definition) is 6. The molecule has 20 rings (SSSR count). The minimum atomic E-state index is -0.679. The molecule has 0 radical (unpaired) electrons. The van der Waals surface area contributed by atoms with Crippen LogP contribution in [0.5, 0.6) is 0 Å². The lowest BCUT2D eigenvalue weighted by atomic mass is 9.81. The monoisotopic (exact) mass is 2130 g/mol. The molecule has 0 aliphatic carbocycles. The number of nitrogens with zero attached hydrogens (tertiary/aromatic N) is 5. The molecule has 6 aromatic carbocycles. The number of fused-ring (bicyclic) bond motifs is 16. The molecule has 16 bridgehead atoms. The number of aliphatic imine (C=N–C) groups is 1. The molecule has 9 aromatic heterocycles. The number of aromatic amines is 7. The van der Waals surface area contributed by atoms with Crippen LogP contribution in [0.1, 0.15) is 163 Å². The van der Waals surface area contributed by atoms with Crippen molar-refractivity contribution in [2.45, 2.75) is 124 Å². The number of aromatic nitrogens is 11. The van der Waals surface area contributed by atoms with Gasteiger partial charge in [-0.1, -0.05) is 167 Å². The van der Waals surface area contributed by atoms with Crippen molar-refractivity contribution in [1.82, 2.24) is 54.8 Å². The van der Waals surface area contributed by atoms with Crippen LogP contribution in [0.15, 0.2) is 265 Å². The standard InChI is InChI=1S/C35H28I2N4.C35H29IN4.C23H20BrIN2O.C12H18N2/c1-20-4-6-21(7-5-20)34-29-15-14-28(40-29)33(22-8-10-23(36)11-9-22)27-13-12-24(38-27)16-25-19-35(2,3)32(39-25)18-30-26(37)17-31(34)41-30;1-21-4-6-22(7-5-21)33-29-15-13-26(38-29)19-32-35(2,3)20-27(39-32)18-25-12-14-28(37-25)34(31-17-16-30(33)40-31)23-8-10-24(36)11-9-23;1-14-2-4-16(5-3-14)23(28)20-11-10-18(26-20)22(19-12-13-21(24)27-19)15-6-8-17(25)9-7-15;1-9-8-12(2,3)11(14-9)7-10-5-4-6-13-10/h4-18,38,41H,19H2,1-3H3;4-19,37-38H,20H2,1-3H3;2-13,22-23,26-28H,1H3;4-6,11,13H,7-8H2,1-3H3. The Hall–Kier alpha value is -10.1. The Kier molecular flexibility index (Phi) is 24.8. The van der Waals surface area contributed by atoms with Crippen LogP contribution in [-0.4, -0.2) is 71.7 Å². The van der Waals surface area contributed by atoms with E-state index in [4.69, 9.17) is 24.9 Å². The highest BCUT2D eigenvalue weighted by Gasteiger charge is 2.36. The number of aryl methyl sites for hydroxylation is 3. The smallest absolute Gasteiger partial charge is 0.119 e. The molecular formula is C105H95BrI4N12O. The summed E-state index contributed by atoms with van der Waals surface area (Å²) < 4.78 is 5.72. The third-order valence-electron chi connectivity index (χ3n) is 23.6. The summed E-state index contributed by atoms with van der Waals surface area (Å²) in [5.74, 6) is 0.0299. The first-order valence-electron chi connectivity index (χ1n) is 41.5. The van der Waals surface area contributed by atoms with E-state index in [2.05, 4.69) is 434 Å². The molecule has 0 fully saturated rings. The van der Waals surface area contributed by atoms with Crippen LogP contribution in [0.4, 0.5) is 0 Å². The Bertz CT molecular complexity index is 6900. The molecule has 616 valence electrons. The molecule has 0 saturated heterocycles. The molecular weight excluding hydrogens is 2030 g/mol. The molecule has 5 aliphatic rings. The zero-order valence-electron chi connectivity index (χ0n) is 70.2. The molecule has 13 nitrogen and oxygen atoms in total. The second kappa shape index (κ2) is 35.9. The van der Waals surface area contributed by atoms with Crippen LogP contribution in [-0.2, 0) is 30.1 Å². The predicted molar refractivity (Wildman–Crippen MR) is 547 cm³/mol. The molecule has 15 aromatic rings. The fraction of sp³-hybridized carbons (Fsp3) is 0.190. The highest BCUT2D eigenvalue weighted by Crippen LogP contribution is 2.42. The summed E-state index contributed by atoms with van der Waals surface area (Å²) in [7, 11) is 0. The van der Waals surface area contributed by atoms with Gasteiger partial charge >= 0.3 is 0 Å². The third-order valence-corrected chi connectivity index (χ3v) is 27.1. The Morgan fingerprint density at radius 2 is 0.813 bits per heavy atom. The number of nitrogens with one attached hydrogen (secondary N) is 7. The van der Waals surface area contributed by atoms with Crippen molar-refractivity contribution >= 4 is 180 Å². The summed E-state index contributed by atoms with van der Waals surface area (Å²) in [5.41, 5.74) is 36.8. The first kappa shape index (κ1) is 85.1. The SMILES string of the molecule is CC1=NC(Cc2ccc[nH]2)C(C)(C)C1.Cc1ccc(-c2c3nc(c(-c4ccc(I)cc4)c4ccc(cc5nc(cc6[nH]c2cc6I)C(C)(C)C5)[nH]4)C=C3)cc1.Cc1ccc(-c2c3nc(c(-c4ccc(I)cc4)c4ccc(cc5nc(cc6ccc2[nH]6)C(C)(C)C5)[nH]4)C=C3)cc1.Cc1ccc(C(O)c2ccc(C(c3ccc(I)cc3)c3ccc(Br)[nH]3)[nH]2)cc1. The van der Waals surface area contributed by atoms with Crippen molar-refractivity contribution in [2.24, 2.45) is 10.4 Å². The quantitative estimate of drug-likeness (QED) is 0.0596. The molecule has 18 heteroatoms. The molecule has 0 spiro atoms. The fourth-order valence-corrected chi connectivity index (χ4v) is 19.1.